The quantitative estimate of drug-likeness (QED) is 0.550. The molecule has 2 aromatic carbocycles. The second kappa shape index (κ2) is 8.66. The van der Waals surface area contributed by atoms with E-state index in [1.807, 2.05) is 0 Å². The molecule has 0 spiro atoms. The van der Waals surface area contributed by atoms with Crippen LogP contribution in [-0.2, 0) is 4.79 Å². The van der Waals surface area contributed by atoms with E-state index in [4.69, 9.17) is 4.42 Å². The number of anilines is 3. The van der Waals surface area contributed by atoms with Crippen molar-refractivity contribution < 1.29 is 23.2 Å². The molecule has 8 heteroatoms. The summed E-state index contributed by atoms with van der Waals surface area (Å²) in [4.78, 5) is 35.9. The Labute approximate surface area is 165 Å². The van der Waals surface area contributed by atoms with E-state index < -0.39 is 23.5 Å². The first-order chi connectivity index (χ1) is 14.0. The number of hydrogen-bond acceptors (Lipinski definition) is 4. The van der Waals surface area contributed by atoms with Crippen LogP contribution in [0.2, 0.25) is 0 Å². The van der Waals surface area contributed by atoms with Crippen LogP contribution >= 0.6 is 0 Å². The van der Waals surface area contributed by atoms with Gasteiger partial charge < -0.3 is 20.4 Å². The third-order valence-corrected chi connectivity index (χ3v) is 3.80. The van der Waals surface area contributed by atoms with Crippen molar-refractivity contribution in [2.45, 2.75) is 0 Å². The fraction of sp³-hybridized carbons (Fsp3) is 0. The van der Waals surface area contributed by atoms with Gasteiger partial charge in [0, 0.05) is 16.9 Å². The van der Waals surface area contributed by atoms with E-state index >= 15 is 0 Å². The number of carbonyl (C=O) groups excluding carboxylic acids is 3. The molecule has 0 aliphatic heterocycles. The molecule has 3 aromatic rings. The summed E-state index contributed by atoms with van der Waals surface area (Å²) in [5.74, 6) is -2.02. The molecular weight excluding hydrogens is 377 g/mol. The maximum atomic E-state index is 13.8. The summed E-state index contributed by atoms with van der Waals surface area (Å²) < 4.78 is 18.8. The maximum absolute atomic E-state index is 13.8. The van der Waals surface area contributed by atoms with Gasteiger partial charge in [-0.05, 0) is 54.6 Å². The Hall–Kier alpha value is -4.20. The summed E-state index contributed by atoms with van der Waals surface area (Å²) >= 11 is 0. The fourth-order valence-corrected chi connectivity index (χ4v) is 2.42. The standard InChI is InChI=1S/C21H16FN3O4/c1-2-19(26)25-17-12-15(8-9-16(17)22)23-20(27)13-5-3-6-14(11-13)24-21(28)18-7-4-10-29-18/h2-12H,1H2,(H,23,27)(H,24,28)(H,25,26). The van der Waals surface area contributed by atoms with Crippen LogP contribution in [0.25, 0.3) is 0 Å². The Morgan fingerprint density at radius 1 is 0.897 bits per heavy atom. The van der Waals surface area contributed by atoms with E-state index in [2.05, 4.69) is 22.5 Å². The van der Waals surface area contributed by atoms with Crippen molar-refractivity contribution in [2.75, 3.05) is 16.0 Å². The predicted octanol–water partition coefficient (Wildman–Crippen LogP) is 4.05. The highest BCUT2D eigenvalue weighted by Crippen LogP contribution is 2.21. The van der Waals surface area contributed by atoms with Gasteiger partial charge in [-0.2, -0.15) is 0 Å². The first-order valence-electron chi connectivity index (χ1n) is 8.45. The van der Waals surface area contributed by atoms with Crippen LogP contribution in [0.5, 0.6) is 0 Å². The molecule has 3 N–H and O–H groups in total. The Morgan fingerprint density at radius 3 is 2.38 bits per heavy atom. The first-order valence-corrected chi connectivity index (χ1v) is 8.45. The minimum absolute atomic E-state index is 0.0906. The lowest BCUT2D eigenvalue weighted by molar-refractivity contribution is -0.111. The molecule has 0 aliphatic carbocycles. The number of hydrogen-bond donors (Lipinski definition) is 3. The van der Waals surface area contributed by atoms with Crippen molar-refractivity contribution in [2.24, 2.45) is 0 Å². The molecule has 1 aromatic heterocycles. The van der Waals surface area contributed by atoms with Gasteiger partial charge in [0.05, 0.1) is 12.0 Å². The zero-order valence-electron chi connectivity index (χ0n) is 15.1. The van der Waals surface area contributed by atoms with E-state index in [0.717, 1.165) is 12.1 Å². The number of benzene rings is 2. The van der Waals surface area contributed by atoms with E-state index in [1.165, 1.54) is 30.5 Å². The lowest BCUT2D eigenvalue weighted by Crippen LogP contribution is -2.15. The van der Waals surface area contributed by atoms with Crippen molar-refractivity contribution >= 4 is 34.8 Å². The van der Waals surface area contributed by atoms with Crippen LogP contribution in [0.1, 0.15) is 20.9 Å². The van der Waals surface area contributed by atoms with Gasteiger partial charge in [-0.15, -0.1) is 0 Å². The van der Waals surface area contributed by atoms with Crippen molar-refractivity contribution in [1.29, 1.82) is 0 Å². The molecule has 0 aliphatic rings. The zero-order chi connectivity index (χ0) is 20.8. The second-order valence-corrected chi connectivity index (χ2v) is 5.85. The van der Waals surface area contributed by atoms with Gasteiger partial charge in [0.2, 0.25) is 5.91 Å². The van der Waals surface area contributed by atoms with Gasteiger partial charge in [-0.1, -0.05) is 12.6 Å². The van der Waals surface area contributed by atoms with Crippen LogP contribution in [0.4, 0.5) is 21.5 Å². The fourth-order valence-electron chi connectivity index (χ4n) is 2.42. The van der Waals surface area contributed by atoms with Crippen LogP contribution in [0.3, 0.4) is 0 Å². The Morgan fingerprint density at radius 2 is 1.66 bits per heavy atom. The highest BCUT2D eigenvalue weighted by atomic mass is 19.1. The molecule has 3 amide bonds. The molecule has 0 radical (unpaired) electrons. The maximum Gasteiger partial charge on any atom is 0.291 e. The molecule has 0 fully saturated rings. The molecule has 7 nitrogen and oxygen atoms in total. The highest BCUT2D eigenvalue weighted by Gasteiger charge is 2.12. The van der Waals surface area contributed by atoms with Crippen molar-refractivity contribution in [3.63, 3.8) is 0 Å². The van der Waals surface area contributed by atoms with E-state index in [9.17, 15) is 18.8 Å². The molecule has 0 saturated heterocycles. The SMILES string of the molecule is C=CC(=O)Nc1cc(NC(=O)c2cccc(NC(=O)c3ccco3)c2)ccc1F. The molecular formula is C21H16FN3O4. The number of rotatable bonds is 6. The summed E-state index contributed by atoms with van der Waals surface area (Å²) in [6, 6.07) is 13.1. The third kappa shape index (κ3) is 4.95. The monoisotopic (exact) mass is 393 g/mol. The summed E-state index contributed by atoms with van der Waals surface area (Å²) in [6.07, 6.45) is 2.39. The zero-order valence-corrected chi connectivity index (χ0v) is 15.1. The minimum Gasteiger partial charge on any atom is -0.459 e. The molecule has 146 valence electrons. The average molecular weight is 393 g/mol. The normalized spacial score (nSPS) is 10.1. The molecule has 0 unspecified atom stereocenters. The summed E-state index contributed by atoms with van der Waals surface area (Å²) in [7, 11) is 0. The Bertz CT molecular complexity index is 1080. The Balaban J connectivity index is 1.72. The third-order valence-electron chi connectivity index (χ3n) is 3.80. The van der Waals surface area contributed by atoms with Crippen LogP contribution < -0.4 is 16.0 Å². The number of furan rings is 1. The van der Waals surface area contributed by atoms with Gasteiger partial charge >= 0.3 is 0 Å². The highest BCUT2D eigenvalue weighted by molar-refractivity contribution is 6.07. The number of nitrogens with one attached hydrogen (secondary N) is 3. The van der Waals surface area contributed by atoms with Gasteiger partial charge in [0.25, 0.3) is 11.8 Å². The predicted molar refractivity (Wildman–Crippen MR) is 106 cm³/mol. The summed E-state index contributed by atoms with van der Waals surface area (Å²) in [6.45, 7) is 3.30. The topological polar surface area (TPSA) is 100 Å². The summed E-state index contributed by atoms with van der Waals surface area (Å²) in [5.41, 5.74) is 0.855. The van der Waals surface area contributed by atoms with Crippen molar-refractivity contribution in [3.8, 4) is 0 Å². The van der Waals surface area contributed by atoms with Gasteiger partial charge in [0.15, 0.2) is 5.76 Å². The smallest absolute Gasteiger partial charge is 0.291 e. The van der Waals surface area contributed by atoms with E-state index in [-0.39, 0.29) is 22.7 Å². The number of amides is 3. The first kappa shape index (κ1) is 19.6. The lowest BCUT2D eigenvalue weighted by Gasteiger charge is -2.10. The molecule has 3 rings (SSSR count). The lowest BCUT2D eigenvalue weighted by atomic mass is 10.1. The van der Waals surface area contributed by atoms with Crippen LogP contribution in [0, 0.1) is 5.82 Å². The van der Waals surface area contributed by atoms with Crippen molar-refractivity contribution in [3.05, 3.63) is 90.7 Å². The molecule has 0 bridgehead atoms. The van der Waals surface area contributed by atoms with Crippen molar-refractivity contribution in [1.82, 2.24) is 0 Å². The molecule has 0 saturated carbocycles. The van der Waals surface area contributed by atoms with Gasteiger partial charge in [0.1, 0.15) is 5.82 Å². The Kier molecular flexibility index (Phi) is 5.84. The van der Waals surface area contributed by atoms with Crippen LogP contribution in [0.15, 0.2) is 77.9 Å². The average Bonchev–Trinajstić information content (AvgIpc) is 3.25. The minimum atomic E-state index is -0.652. The molecule has 0 atom stereocenters. The number of halogens is 1. The molecule has 29 heavy (non-hydrogen) atoms. The van der Waals surface area contributed by atoms with Gasteiger partial charge in [-0.3, -0.25) is 14.4 Å². The second-order valence-electron chi connectivity index (χ2n) is 5.85. The number of carbonyl (C=O) groups is 3. The van der Waals surface area contributed by atoms with Crippen LogP contribution in [-0.4, -0.2) is 17.7 Å². The largest absolute Gasteiger partial charge is 0.459 e. The van der Waals surface area contributed by atoms with E-state index in [0.29, 0.717) is 5.69 Å². The summed E-state index contributed by atoms with van der Waals surface area (Å²) in [5, 5.41) is 7.56. The van der Waals surface area contributed by atoms with Gasteiger partial charge in [-0.25, -0.2) is 4.39 Å². The molecule has 1 heterocycles. The van der Waals surface area contributed by atoms with E-state index in [1.54, 1.807) is 24.3 Å².